The topological polar surface area (TPSA) is 44.5 Å². The van der Waals surface area contributed by atoms with E-state index in [4.69, 9.17) is 15.2 Å². The molecule has 0 spiro atoms. The lowest BCUT2D eigenvalue weighted by atomic mass is 9.93. The lowest BCUT2D eigenvalue weighted by Crippen LogP contribution is -2.18. The Labute approximate surface area is 96.5 Å². The lowest BCUT2D eigenvalue weighted by molar-refractivity contribution is 0.169. The van der Waals surface area contributed by atoms with E-state index in [1.807, 2.05) is 6.07 Å². The molecule has 3 nitrogen and oxygen atoms in total. The highest BCUT2D eigenvalue weighted by Gasteiger charge is 2.20. The standard InChI is InChI=1S/C13H19NO2/c1-3-10-11(9(2)8-14)4-5-12-13(10)16-7-6-15-12/h4-5,9H,3,6-8,14H2,1-2H3. The molecule has 1 atom stereocenters. The number of hydrogen-bond donors (Lipinski definition) is 1. The van der Waals surface area contributed by atoms with Crippen LogP contribution in [0.5, 0.6) is 11.5 Å². The molecule has 1 unspecified atom stereocenters. The van der Waals surface area contributed by atoms with Gasteiger partial charge in [-0.25, -0.2) is 0 Å². The maximum Gasteiger partial charge on any atom is 0.164 e. The first-order chi connectivity index (χ1) is 7.77. The molecule has 1 heterocycles. The van der Waals surface area contributed by atoms with E-state index in [-0.39, 0.29) is 0 Å². The first-order valence-corrected chi connectivity index (χ1v) is 5.89. The zero-order valence-electron chi connectivity index (χ0n) is 9.95. The number of fused-ring (bicyclic) bond motifs is 1. The minimum absolute atomic E-state index is 0.366. The molecule has 1 aliphatic heterocycles. The van der Waals surface area contributed by atoms with E-state index in [9.17, 15) is 0 Å². The van der Waals surface area contributed by atoms with Crippen LogP contribution in [-0.4, -0.2) is 19.8 Å². The first-order valence-electron chi connectivity index (χ1n) is 5.89. The molecular weight excluding hydrogens is 202 g/mol. The van der Waals surface area contributed by atoms with Crippen LogP contribution in [0.4, 0.5) is 0 Å². The normalized spacial score (nSPS) is 15.9. The van der Waals surface area contributed by atoms with Crippen molar-refractivity contribution in [2.45, 2.75) is 26.2 Å². The summed E-state index contributed by atoms with van der Waals surface area (Å²) in [5, 5.41) is 0. The number of benzene rings is 1. The largest absolute Gasteiger partial charge is 0.486 e. The summed E-state index contributed by atoms with van der Waals surface area (Å²) in [6.07, 6.45) is 0.951. The van der Waals surface area contributed by atoms with Crippen molar-refractivity contribution in [2.75, 3.05) is 19.8 Å². The molecule has 0 fully saturated rings. The van der Waals surface area contributed by atoms with Gasteiger partial charge in [-0.2, -0.15) is 0 Å². The van der Waals surface area contributed by atoms with Gasteiger partial charge in [0.05, 0.1) is 0 Å². The zero-order chi connectivity index (χ0) is 11.5. The van der Waals surface area contributed by atoms with Crippen molar-refractivity contribution in [3.8, 4) is 11.5 Å². The van der Waals surface area contributed by atoms with E-state index in [0.717, 1.165) is 17.9 Å². The smallest absolute Gasteiger partial charge is 0.164 e. The van der Waals surface area contributed by atoms with Gasteiger partial charge >= 0.3 is 0 Å². The quantitative estimate of drug-likeness (QED) is 0.850. The van der Waals surface area contributed by atoms with Crippen molar-refractivity contribution in [1.29, 1.82) is 0 Å². The minimum atomic E-state index is 0.366. The number of ether oxygens (including phenoxy) is 2. The maximum atomic E-state index is 5.73. The molecule has 0 amide bonds. The minimum Gasteiger partial charge on any atom is -0.486 e. The Balaban J connectivity index is 2.47. The van der Waals surface area contributed by atoms with Crippen LogP contribution in [0.25, 0.3) is 0 Å². The van der Waals surface area contributed by atoms with E-state index < -0.39 is 0 Å². The van der Waals surface area contributed by atoms with E-state index in [0.29, 0.717) is 25.7 Å². The van der Waals surface area contributed by atoms with Gasteiger partial charge in [0, 0.05) is 5.56 Å². The predicted octanol–water partition coefficient (Wildman–Crippen LogP) is 2.08. The molecule has 0 saturated heterocycles. The average molecular weight is 221 g/mol. The number of rotatable bonds is 3. The Morgan fingerprint density at radius 2 is 2.06 bits per heavy atom. The molecule has 88 valence electrons. The Kier molecular flexibility index (Phi) is 3.34. The maximum absolute atomic E-state index is 5.73. The number of hydrogen-bond acceptors (Lipinski definition) is 3. The third kappa shape index (κ3) is 1.87. The van der Waals surface area contributed by atoms with Crippen LogP contribution in [0.1, 0.15) is 30.9 Å². The number of nitrogens with two attached hydrogens (primary N) is 1. The second kappa shape index (κ2) is 4.74. The van der Waals surface area contributed by atoms with Gasteiger partial charge in [-0.15, -0.1) is 0 Å². The van der Waals surface area contributed by atoms with Gasteiger partial charge in [0.2, 0.25) is 0 Å². The zero-order valence-corrected chi connectivity index (χ0v) is 9.95. The van der Waals surface area contributed by atoms with Gasteiger partial charge in [0.1, 0.15) is 13.2 Å². The molecule has 2 rings (SSSR count). The van der Waals surface area contributed by atoms with Gasteiger partial charge in [0.15, 0.2) is 11.5 Å². The van der Waals surface area contributed by atoms with Gasteiger partial charge in [-0.1, -0.05) is 19.9 Å². The molecule has 3 heteroatoms. The summed E-state index contributed by atoms with van der Waals surface area (Å²) in [5.74, 6) is 2.16. The van der Waals surface area contributed by atoms with E-state index in [1.165, 1.54) is 11.1 Å². The van der Waals surface area contributed by atoms with Crippen LogP contribution >= 0.6 is 0 Å². The second-order valence-electron chi connectivity index (χ2n) is 4.15. The molecule has 1 aromatic carbocycles. The van der Waals surface area contributed by atoms with Gasteiger partial charge in [-0.05, 0) is 30.5 Å². The van der Waals surface area contributed by atoms with Crippen molar-refractivity contribution >= 4 is 0 Å². The van der Waals surface area contributed by atoms with Crippen molar-refractivity contribution in [3.05, 3.63) is 23.3 Å². The molecule has 0 bridgehead atoms. The average Bonchev–Trinajstić information content (AvgIpc) is 2.36. The van der Waals surface area contributed by atoms with Crippen LogP contribution < -0.4 is 15.2 Å². The molecule has 0 aromatic heterocycles. The summed E-state index contributed by atoms with van der Waals surface area (Å²) in [4.78, 5) is 0. The Bertz CT molecular complexity index is 376. The van der Waals surface area contributed by atoms with Crippen LogP contribution in [0.15, 0.2) is 12.1 Å². The third-order valence-electron chi connectivity index (χ3n) is 3.09. The van der Waals surface area contributed by atoms with E-state index in [1.54, 1.807) is 0 Å². The molecule has 2 N–H and O–H groups in total. The summed E-state index contributed by atoms with van der Waals surface area (Å²) >= 11 is 0. The third-order valence-corrected chi connectivity index (χ3v) is 3.09. The van der Waals surface area contributed by atoms with Crippen LogP contribution in [0.2, 0.25) is 0 Å². The van der Waals surface area contributed by atoms with Crippen LogP contribution in [0, 0.1) is 0 Å². The summed E-state index contributed by atoms with van der Waals surface area (Å²) in [5.41, 5.74) is 8.26. The van der Waals surface area contributed by atoms with Crippen molar-refractivity contribution in [2.24, 2.45) is 5.73 Å². The fourth-order valence-corrected chi connectivity index (χ4v) is 2.14. The predicted molar refractivity (Wildman–Crippen MR) is 64.3 cm³/mol. The van der Waals surface area contributed by atoms with Crippen molar-refractivity contribution in [1.82, 2.24) is 0 Å². The van der Waals surface area contributed by atoms with Crippen LogP contribution in [-0.2, 0) is 6.42 Å². The molecule has 16 heavy (non-hydrogen) atoms. The van der Waals surface area contributed by atoms with Gasteiger partial charge in [0.25, 0.3) is 0 Å². The Morgan fingerprint density at radius 3 is 2.75 bits per heavy atom. The molecular formula is C13H19NO2. The molecule has 0 aliphatic carbocycles. The highest BCUT2D eigenvalue weighted by Crippen LogP contribution is 2.38. The van der Waals surface area contributed by atoms with Crippen LogP contribution in [0.3, 0.4) is 0 Å². The van der Waals surface area contributed by atoms with Crippen molar-refractivity contribution in [3.63, 3.8) is 0 Å². The summed E-state index contributed by atoms with van der Waals surface area (Å²) < 4.78 is 11.3. The summed E-state index contributed by atoms with van der Waals surface area (Å²) in [6, 6.07) is 4.11. The SMILES string of the molecule is CCc1c(C(C)CN)ccc2c1OCCO2. The van der Waals surface area contributed by atoms with E-state index >= 15 is 0 Å². The fourth-order valence-electron chi connectivity index (χ4n) is 2.14. The van der Waals surface area contributed by atoms with Crippen molar-refractivity contribution < 1.29 is 9.47 Å². The first kappa shape index (κ1) is 11.3. The fraction of sp³-hybridized carbons (Fsp3) is 0.538. The van der Waals surface area contributed by atoms with Gasteiger partial charge in [-0.3, -0.25) is 0 Å². The highest BCUT2D eigenvalue weighted by atomic mass is 16.6. The summed E-state index contributed by atoms with van der Waals surface area (Å²) in [6.45, 7) is 6.22. The molecule has 1 aliphatic rings. The monoisotopic (exact) mass is 221 g/mol. The molecule has 1 aromatic rings. The van der Waals surface area contributed by atoms with Gasteiger partial charge < -0.3 is 15.2 Å². The Hall–Kier alpha value is -1.22. The second-order valence-corrected chi connectivity index (χ2v) is 4.15. The van der Waals surface area contributed by atoms with E-state index in [2.05, 4.69) is 19.9 Å². The Morgan fingerprint density at radius 1 is 1.31 bits per heavy atom. The lowest BCUT2D eigenvalue weighted by Gasteiger charge is -2.24. The molecule has 0 radical (unpaired) electrons. The highest BCUT2D eigenvalue weighted by molar-refractivity contribution is 5.52. The summed E-state index contributed by atoms with van der Waals surface area (Å²) in [7, 11) is 0. The molecule has 0 saturated carbocycles.